The van der Waals surface area contributed by atoms with E-state index in [1.807, 2.05) is 0 Å². The molecule has 0 radical (unpaired) electrons. The monoisotopic (exact) mass is 267 g/mol. The Bertz CT molecular complexity index is 593. The van der Waals surface area contributed by atoms with Gasteiger partial charge < -0.3 is 24.1 Å². The molecule has 0 unspecified atom stereocenters. The fourth-order valence-electron chi connectivity index (χ4n) is 2.12. The zero-order valence-corrected chi connectivity index (χ0v) is 10.9. The van der Waals surface area contributed by atoms with Gasteiger partial charge in [0.1, 0.15) is 0 Å². The van der Waals surface area contributed by atoms with Crippen LogP contribution in [-0.2, 0) is 0 Å². The van der Waals surface area contributed by atoms with E-state index in [4.69, 9.17) is 18.9 Å². The van der Waals surface area contributed by atoms with Crippen LogP contribution in [0, 0.1) is 4.91 Å². The molecule has 0 saturated heterocycles. The normalized spacial score (nSPS) is 20.4. The first kappa shape index (κ1) is 11.9. The Hall–Kier alpha value is -2.18. The minimum atomic E-state index is -0.973. The van der Waals surface area contributed by atoms with Crippen LogP contribution in [0.25, 0.3) is 0 Å². The number of ether oxygens (including phenoxy) is 4. The first-order chi connectivity index (χ1) is 8.74. The lowest BCUT2D eigenvalue weighted by Gasteiger charge is -2.18. The number of nitroso groups, excluding NO2 is 1. The zero-order chi connectivity index (χ0) is 14.0. The van der Waals surface area contributed by atoms with E-state index in [2.05, 4.69) is 5.18 Å². The van der Waals surface area contributed by atoms with Gasteiger partial charge in [0, 0.05) is 27.7 Å². The van der Waals surface area contributed by atoms with Crippen molar-refractivity contribution in [1.82, 2.24) is 0 Å². The number of benzene rings is 1. The summed E-state index contributed by atoms with van der Waals surface area (Å²) in [6.45, 7) is 6.69. The summed E-state index contributed by atoms with van der Waals surface area (Å²) in [6, 6.07) is 0. The van der Waals surface area contributed by atoms with Crippen molar-refractivity contribution in [3.63, 3.8) is 0 Å². The molecule has 2 aliphatic rings. The number of hydrogen-bond acceptors (Lipinski definition) is 7. The highest BCUT2D eigenvalue weighted by Crippen LogP contribution is 2.63. The number of phenolic OH excluding ortho intramolecular Hbond substituents is 1. The van der Waals surface area contributed by atoms with E-state index in [0.29, 0.717) is 0 Å². The largest absolute Gasteiger partial charge is 0.502 e. The summed E-state index contributed by atoms with van der Waals surface area (Å²) in [5.41, 5.74) is -0.249. The van der Waals surface area contributed by atoms with Gasteiger partial charge in [-0.05, 0) is 5.18 Å². The quantitative estimate of drug-likeness (QED) is 0.787. The Balaban J connectivity index is 2.27. The second-order valence-corrected chi connectivity index (χ2v) is 5.31. The van der Waals surface area contributed by atoms with Crippen LogP contribution >= 0.6 is 0 Å². The van der Waals surface area contributed by atoms with Gasteiger partial charge in [-0.1, -0.05) is 0 Å². The fraction of sp³-hybridized carbons (Fsp3) is 0.500. The first-order valence-electron chi connectivity index (χ1n) is 5.76. The molecule has 102 valence electrons. The van der Waals surface area contributed by atoms with Crippen molar-refractivity contribution in [3.05, 3.63) is 4.91 Å². The summed E-state index contributed by atoms with van der Waals surface area (Å²) in [7, 11) is 0. The lowest BCUT2D eigenvalue weighted by molar-refractivity contribution is -0.0558. The summed E-state index contributed by atoms with van der Waals surface area (Å²) in [6.07, 6.45) is 0. The van der Waals surface area contributed by atoms with Gasteiger partial charge in [0.2, 0.25) is 34.6 Å². The molecule has 0 saturated carbocycles. The molecule has 0 spiro atoms. The summed E-state index contributed by atoms with van der Waals surface area (Å²) >= 11 is 0. The molecule has 0 aliphatic carbocycles. The van der Waals surface area contributed by atoms with Crippen LogP contribution in [0.15, 0.2) is 5.18 Å². The lowest BCUT2D eigenvalue weighted by atomic mass is 10.2. The van der Waals surface area contributed by atoms with Crippen molar-refractivity contribution in [3.8, 4) is 28.7 Å². The Labute approximate surface area is 109 Å². The predicted octanol–water partition coefficient (Wildman–Crippen LogP) is 2.80. The van der Waals surface area contributed by atoms with Crippen LogP contribution in [0.4, 0.5) is 5.69 Å². The number of phenols is 1. The van der Waals surface area contributed by atoms with E-state index < -0.39 is 17.3 Å². The van der Waals surface area contributed by atoms with E-state index in [0.717, 1.165) is 0 Å². The van der Waals surface area contributed by atoms with Crippen LogP contribution in [0.2, 0.25) is 0 Å². The minimum Gasteiger partial charge on any atom is -0.502 e. The molecule has 7 heteroatoms. The molecule has 0 aromatic heterocycles. The number of fused-ring (bicyclic) bond motifs is 3. The third kappa shape index (κ3) is 1.57. The van der Waals surface area contributed by atoms with Crippen LogP contribution in [0.3, 0.4) is 0 Å². The average molecular weight is 267 g/mol. The lowest BCUT2D eigenvalue weighted by Crippen LogP contribution is -2.31. The van der Waals surface area contributed by atoms with Crippen molar-refractivity contribution in [2.24, 2.45) is 5.18 Å². The highest BCUT2D eigenvalue weighted by Gasteiger charge is 2.46. The van der Waals surface area contributed by atoms with E-state index in [1.54, 1.807) is 27.7 Å². The number of aromatic hydroxyl groups is 1. The zero-order valence-electron chi connectivity index (χ0n) is 10.9. The van der Waals surface area contributed by atoms with E-state index in [-0.39, 0.29) is 28.7 Å². The third-order valence-corrected chi connectivity index (χ3v) is 2.76. The second-order valence-electron chi connectivity index (χ2n) is 5.31. The Morgan fingerprint density at radius 1 is 0.842 bits per heavy atom. The highest BCUT2D eigenvalue weighted by molar-refractivity contribution is 5.80. The molecule has 2 aliphatic heterocycles. The van der Waals surface area contributed by atoms with Gasteiger partial charge in [0.15, 0.2) is 11.4 Å². The molecule has 19 heavy (non-hydrogen) atoms. The molecule has 0 fully saturated rings. The maximum Gasteiger partial charge on any atom is 0.246 e. The third-order valence-electron chi connectivity index (χ3n) is 2.76. The van der Waals surface area contributed by atoms with Gasteiger partial charge in [-0.3, -0.25) is 0 Å². The molecule has 1 N–H and O–H groups in total. The van der Waals surface area contributed by atoms with Crippen molar-refractivity contribution >= 4 is 5.69 Å². The Morgan fingerprint density at radius 2 is 1.26 bits per heavy atom. The van der Waals surface area contributed by atoms with Crippen LogP contribution in [0.1, 0.15) is 27.7 Å². The molecular weight excluding hydrogens is 254 g/mol. The maximum absolute atomic E-state index is 10.9. The molecule has 0 atom stereocenters. The standard InChI is InChI=1S/C12H13NO6/c1-11(2)16-7-5(13-15)6(14)8-10(9(7)18-11)19-12(3,4)17-8/h14H,1-4H3. The molecular formula is C12H13NO6. The van der Waals surface area contributed by atoms with Crippen LogP contribution in [-0.4, -0.2) is 16.7 Å². The summed E-state index contributed by atoms with van der Waals surface area (Å²) in [5.74, 6) is -1.80. The number of rotatable bonds is 1. The van der Waals surface area contributed by atoms with Crippen molar-refractivity contribution in [2.75, 3.05) is 0 Å². The summed E-state index contributed by atoms with van der Waals surface area (Å²) < 4.78 is 22.1. The SMILES string of the molecule is CC1(C)Oc2c(O)c(N=O)c3c(c2O1)OC(C)(C)O3. The van der Waals surface area contributed by atoms with E-state index in [9.17, 15) is 10.0 Å². The van der Waals surface area contributed by atoms with E-state index in [1.165, 1.54) is 0 Å². The van der Waals surface area contributed by atoms with Gasteiger partial charge in [-0.2, -0.15) is 0 Å². The van der Waals surface area contributed by atoms with Crippen LogP contribution < -0.4 is 18.9 Å². The van der Waals surface area contributed by atoms with Gasteiger partial charge >= 0.3 is 0 Å². The topological polar surface area (TPSA) is 86.6 Å². The highest BCUT2D eigenvalue weighted by atomic mass is 16.8. The maximum atomic E-state index is 10.9. The molecule has 1 aromatic rings. The number of hydrogen-bond donors (Lipinski definition) is 1. The fourth-order valence-corrected chi connectivity index (χ4v) is 2.12. The minimum absolute atomic E-state index is 0.0413. The Morgan fingerprint density at radius 3 is 1.79 bits per heavy atom. The summed E-state index contributed by atoms with van der Waals surface area (Å²) in [5, 5.41) is 12.8. The van der Waals surface area contributed by atoms with Gasteiger partial charge in [0.05, 0.1) is 0 Å². The van der Waals surface area contributed by atoms with Gasteiger partial charge in [-0.15, -0.1) is 4.91 Å². The molecule has 1 aromatic carbocycles. The molecule has 0 amide bonds. The van der Waals surface area contributed by atoms with Gasteiger partial charge in [-0.25, -0.2) is 0 Å². The molecule has 2 heterocycles. The predicted molar refractivity (Wildman–Crippen MR) is 64.2 cm³/mol. The summed E-state index contributed by atoms with van der Waals surface area (Å²) in [4.78, 5) is 10.9. The molecule has 3 rings (SSSR count). The van der Waals surface area contributed by atoms with Crippen LogP contribution in [0.5, 0.6) is 28.7 Å². The van der Waals surface area contributed by atoms with Gasteiger partial charge in [0.25, 0.3) is 0 Å². The smallest absolute Gasteiger partial charge is 0.246 e. The Kier molecular flexibility index (Phi) is 2.02. The van der Waals surface area contributed by atoms with E-state index >= 15 is 0 Å². The average Bonchev–Trinajstić information content (AvgIpc) is 2.75. The van der Waals surface area contributed by atoms with Crippen molar-refractivity contribution < 1.29 is 24.1 Å². The molecule has 0 bridgehead atoms. The van der Waals surface area contributed by atoms with Crippen molar-refractivity contribution in [1.29, 1.82) is 0 Å². The number of nitrogens with zero attached hydrogens (tertiary/aromatic N) is 1. The first-order valence-corrected chi connectivity index (χ1v) is 5.76. The van der Waals surface area contributed by atoms with Crippen molar-refractivity contribution in [2.45, 2.75) is 39.3 Å². The molecule has 7 nitrogen and oxygen atoms in total. The second kappa shape index (κ2) is 3.23.